The second-order valence-corrected chi connectivity index (χ2v) is 7.60. The second-order valence-electron chi connectivity index (χ2n) is 7.60. The predicted molar refractivity (Wildman–Crippen MR) is 114 cm³/mol. The molecule has 0 spiro atoms. The first-order valence-electron chi connectivity index (χ1n) is 9.97. The lowest BCUT2D eigenvalue weighted by Crippen LogP contribution is -2.42. The van der Waals surface area contributed by atoms with Crippen molar-refractivity contribution < 1.29 is 14.3 Å². The second kappa shape index (κ2) is 7.82. The van der Waals surface area contributed by atoms with Gasteiger partial charge < -0.3 is 10.5 Å². The normalized spacial score (nSPS) is 13.1. The summed E-state index contributed by atoms with van der Waals surface area (Å²) in [5.74, 6) is -1.68. The van der Waals surface area contributed by atoms with Gasteiger partial charge in [0.2, 0.25) is 5.78 Å². The first kappa shape index (κ1) is 20.5. The quantitative estimate of drug-likeness (QED) is 0.493. The number of ether oxygens (including phenoxy) is 1. The number of aryl methyl sites for hydroxylation is 1. The van der Waals surface area contributed by atoms with E-state index in [4.69, 9.17) is 10.5 Å². The van der Waals surface area contributed by atoms with Gasteiger partial charge in [0, 0.05) is 25.2 Å². The standard InChI is InChI=1S/C22H22N4O5/c1-25-19(23)18(20(28)26(2)22(25)30)16(27)11-31-21(29)17-12-7-3-5-9-14(12)24-15-10-6-4-8-13(15)17/h3,5,7,9H,4,6,8,10-11,23H2,1-2H3. The van der Waals surface area contributed by atoms with Crippen molar-refractivity contribution >= 4 is 28.5 Å². The minimum Gasteiger partial charge on any atom is -0.454 e. The Bertz CT molecular complexity index is 1350. The zero-order valence-corrected chi connectivity index (χ0v) is 17.3. The number of esters is 1. The number of fused-ring (bicyclic) bond motifs is 2. The Kier molecular flexibility index (Phi) is 5.18. The summed E-state index contributed by atoms with van der Waals surface area (Å²) in [6, 6.07) is 7.30. The van der Waals surface area contributed by atoms with E-state index in [1.807, 2.05) is 18.2 Å². The molecular weight excluding hydrogens is 400 g/mol. The molecule has 1 aliphatic rings. The zero-order chi connectivity index (χ0) is 22.3. The van der Waals surface area contributed by atoms with Crippen molar-refractivity contribution in [1.82, 2.24) is 14.1 Å². The number of Topliss-reactive ketones (excluding diaryl/α,β-unsaturated/α-hetero) is 1. The van der Waals surface area contributed by atoms with Gasteiger partial charge in [-0.05, 0) is 37.3 Å². The van der Waals surface area contributed by atoms with Gasteiger partial charge in [0.1, 0.15) is 11.4 Å². The van der Waals surface area contributed by atoms with Crippen LogP contribution in [0.2, 0.25) is 0 Å². The molecule has 9 heteroatoms. The molecule has 2 N–H and O–H groups in total. The highest BCUT2D eigenvalue weighted by molar-refractivity contribution is 6.07. The van der Waals surface area contributed by atoms with Gasteiger partial charge in [-0.15, -0.1) is 0 Å². The number of nitrogens with two attached hydrogens (primary N) is 1. The van der Waals surface area contributed by atoms with E-state index in [1.165, 1.54) is 14.1 Å². The first-order chi connectivity index (χ1) is 14.8. The summed E-state index contributed by atoms with van der Waals surface area (Å²) < 4.78 is 7.12. The summed E-state index contributed by atoms with van der Waals surface area (Å²) in [7, 11) is 2.61. The molecule has 0 aliphatic heterocycles. The molecule has 160 valence electrons. The topological polar surface area (TPSA) is 126 Å². The Morgan fingerprint density at radius 3 is 2.55 bits per heavy atom. The number of rotatable bonds is 4. The number of aromatic nitrogens is 3. The number of hydrogen-bond acceptors (Lipinski definition) is 7. The number of nitrogens with zero attached hydrogens (tertiary/aromatic N) is 3. The van der Waals surface area contributed by atoms with Crippen LogP contribution in [0.4, 0.5) is 5.82 Å². The average Bonchev–Trinajstić information content (AvgIpc) is 2.78. The number of carbonyl (C=O) groups excluding carboxylic acids is 2. The fraction of sp³-hybridized carbons (Fsp3) is 0.318. The number of para-hydroxylation sites is 1. The third-order valence-electron chi connectivity index (χ3n) is 5.70. The fourth-order valence-corrected chi connectivity index (χ4v) is 4.00. The van der Waals surface area contributed by atoms with Crippen LogP contribution >= 0.6 is 0 Å². The van der Waals surface area contributed by atoms with Crippen molar-refractivity contribution in [3.05, 3.63) is 67.5 Å². The zero-order valence-electron chi connectivity index (χ0n) is 17.3. The molecule has 3 aromatic rings. The van der Waals surface area contributed by atoms with E-state index in [2.05, 4.69) is 4.98 Å². The molecule has 0 saturated heterocycles. The summed E-state index contributed by atoms with van der Waals surface area (Å²) in [5.41, 5.74) is 6.79. The van der Waals surface area contributed by atoms with Crippen LogP contribution in [0.25, 0.3) is 10.9 Å². The lowest BCUT2D eigenvalue weighted by Gasteiger charge is -2.20. The third-order valence-corrected chi connectivity index (χ3v) is 5.70. The van der Waals surface area contributed by atoms with E-state index in [9.17, 15) is 19.2 Å². The predicted octanol–water partition coefficient (Wildman–Crippen LogP) is 1.13. The van der Waals surface area contributed by atoms with Crippen LogP contribution in [0.1, 0.15) is 44.8 Å². The molecule has 0 saturated carbocycles. The van der Waals surface area contributed by atoms with Crippen LogP contribution in [0, 0.1) is 0 Å². The minimum atomic E-state index is -0.826. The monoisotopic (exact) mass is 422 g/mol. The summed E-state index contributed by atoms with van der Waals surface area (Å²) in [6.07, 6.45) is 3.43. The number of carbonyl (C=O) groups is 2. The highest BCUT2D eigenvalue weighted by Gasteiger charge is 2.26. The Balaban J connectivity index is 1.68. The van der Waals surface area contributed by atoms with Crippen molar-refractivity contribution in [3.8, 4) is 0 Å². The number of nitrogen functional groups attached to an aromatic ring is 1. The van der Waals surface area contributed by atoms with Gasteiger partial charge in [-0.2, -0.15) is 0 Å². The molecule has 2 aromatic heterocycles. The largest absolute Gasteiger partial charge is 0.454 e. The van der Waals surface area contributed by atoms with E-state index in [0.29, 0.717) is 22.9 Å². The highest BCUT2D eigenvalue weighted by Crippen LogP contribution is 2.29. The SMILES string of the molecule is Cn1c(N)c(C(=O)COC(=O)c2c3c(nc4ccccc24)CCCC3)c(=O)n(C)c1=O. The maximum absolute atomic E-state index is 13.1. The van der Waals surface area contributed by atoms with Crippen molar-refractivity contribution in [2.24, 2.45) is 14.1 Å². The molecule has 9 nitrogen and oxygen atoms in total. The van der Waals surface area contributed by atoms with Crippen molar-refractivity contribution in [3.63, 3.8) is 0 Å². The number of hydrogen-bond donors (Lipinski definition) is 1. The highest BCUT2D eigenvalue weighted by atomic mass is 16.5. The van der Waals surface area contributed by atoms with Crippen LogP contribution in [-0.4, -0.2) is 32.5 Å². The number of benzene rings is 1. The Morgan fingerprint density at radius 2 is 1.77 bits per heavy atom. The maximum Gasteiger partial charge on any atom is 0.339 e. The smallest absolute Gasteiger partial charge is 0.339 e. The van der Waals surface area contributed by atoms with Crippen LogP contribution in [0.3, 0.4) is 0 Å². The minimum absolute atomic E-state index is 0.263. The maximum atomic E-state index is 13.1. The molecular formula is C22H22N4O5. The van der Waals surface area contributed by atoms with E-state index in [1.54, 1.807) is 6.07 Å². The molecule has 4 rings (SSSR count). The molecule has 0 fully saturated rings. The van der Waals surface area contributed by atoms with Gasteiger partial charge >= 0.3 is 11.7 Å². The summed E-state index contributed by atoms with van der Waals surface area (Å²) in [5, 5.41) is 0.665. The molecule has 0 bridgehead atoms. The third kappa shape index (κ3) is 3.41. The fourth-order valence-electron chi connectivity index (χ4n) is 4.00. The Labute approximate surface area is 177 Å². The van der Waals surface area contributed by atoms with Crippen LogP contribution in [0.5, 0.6) is 0 Å². The summed E-state index contributed by atoms with van der Waals surface area (Å²) in [4.78, 5) is 54.8. The molecule has 0 unspecified atom stereocenters. The van der Waals surface area contributed by atoms with E-state index in [-0.39, 0.29) is 11.4 Å². The van der Waals surface area contributed by atoms with Gasteiger partial charge in [-0.3, -0.25) is 23.7 Å². The lowest BCUT2D eigenvalue weighted by molar-refractivity contribution is 0.0474. The van der Waals surface area contributed by atoms with Crippen LogP contribution in [0.15, 0.2) is 33.9 Å². The van der Waals surface area contributed by atoms with Gasteiger partial charge in [0.25, 0.3) is 5.56 Å². The molecule has 1 aliphatic carbocycles. The van der Waals surface area contributed by atoms with Gasteiger partial charge in [-0.25, -0.2) is 9.59 Å². The number of anilines is 1. The van der Waals surface area contributed by atoms with Crippen molar-refractivity contribution in [2.75, 3.05) is 12.3 Å². The molecule has 2 heterocycles. The molecule has 31 heavy (non-hydrogen) atoms. The van der Waals surface area contributed by atoms with Gasteiger partial charge in [0.05, 0.1) is 11.1 Å². The van der Waals surface area contributed by atoms with Crippen LogP contribution in [-0.2, 0) is 31.7 Å². The van der Waals surface area contributed by atoms with Crippen molar-refractivity contribution in [2.45, 2.75) is 25.7 Å². The summed E-state index contributed by atoms with van der Waals surface area (Å²) in [6.45, 7) is -0.665. The van der Waals surface area contributed by atoms with Gasteiger partial charge in [0.15, 0.2) is 6.61 Å². The number of pyridine rings is 1. The molecule has 0 amide bonds. The number of ketones is 1. The summed E-state index contributed by atoms with van der Waals surface area (Å²) >= 11 is 0. The lowest BCUT2D eigenvalue weighted by atomic mass is 9.90. The molecule has 0 atom stereocenters. The van der Waals surface area contributed by atoms with E-state index < -0.39 is 29.6 Å². The van der Waals surface area contributed by atoms with Gasteiger partial charge in [-0.1, -0.05) is 18.2 Å². The van der Waals surface area contributed by atoms with E-state index >= 15 is 0 Å². The first-order valence-corrected chi connectivity index (χ1v) is 9.97. The molecule has 1 aromatic carbocycles. The Hall–Kier alpha value is -3.75. The average molecular weight is 422 g/mol. The Morgan fingerprint density at radius 1 is 1.06 bits per heavy atom. The van der Waals surface area contributed by atoms with E-state index in [0.717, 1.165) is 39.7 Å². The molecule has 0 radical (unpaired) electrons. The van der Waals surface area contributed by atoms with Crippen LogP contribution < -0.4 is 17.0 Å². The van der Waals surface area contributed by atoms with Crippen molar-refractivity contribution in [1.29, 1.82) is 0 Å².